The Hall–Kier alpha value is -1.03. The predicted molar refractivity (Wildman–Crippen MR) is 70.2 cm³/mol. The monoisotopic (exact) mass is 239 g/mol. The Labute approximate surface area is 104 Å². The Bertz CT molecular complexity index is 358. The molecule has 0 fully saturated rings. The highest BCUT2D eigenvalue weighted by molar-refractivity contribution is 5.29. The number of hydrogen-bond donors (Lipinski definition) is 1. The molecule has 1 N–H and O–H groups in total. The van der Waals surface area contributed by atoms with Gasteiger partial charge in [0.2, 0.25) is 0 Å². The van der Waals surface area contributed by atoms with Crippen molar-refractivity contribution in [3.05, 3.63) is 11.9 Å². The zero-order valence-electron chi connectivity index (χ0n) is 11.9. The predicted octanol–water partition coefficient (Wildman–Crippen LogP) is 2.52. The fourth-order valence-electron chi connectivity index (χ4n) is 2.06. The number of aromatic nitrogens is 2. The molecule has 1 rings (SSSR count). The minimum Gasteiger partial charge on any atom is -0.493 e. The third-order valence-corrected chi connectivity index (χ3v) is 3.54. The van der Waals surface area contributed by atoms with E-state index in [1.54, 1.807) is 13.3 Å². The van der Waals surface area contributed by atoms with Gasteiger partial charge >= 0.3 is 0 Å². The van der Waals surface area contributed by atoms with Crippen LogP contribution in [0.5, 0.6) is 5.75 Å². The number of rotatable bonds is 6. The lowest BCUT2D eigenvalue weighted by atomic mass is 9.80. The van der Waals surface area contributed by atoms with Gasteiger partial charge in [-0.3, -0.25) is 4.68 Å². The van der Waals surface area contributed by atoms with Gasteiger partial charge in [-0.25, -0.2) is 0 Å². The number of aryl methyl sites for hydroxylation is 1. The van der Waals surface area contributed by atoms with Gasteiger partial charge in [0, 0.05) is 7.05 Å². The summed E-state index contributed by atoms with van der Waals surface area (Å²) in [7, 11) is 3.66. The molecule has 0 spiro atoms. The normalized spacial score (nSPS) is 13.8. The molecule has 0 bridgehead atoms. The summed E-state index contributed by atoms with van der Waals surface area (Å²) < 4.78 is 7.32. The van der Waals surface area contributed by atoms with Gasteiger partial charge < -0.3 is 10.1 Å². The van der Waals surface area contributed by atoms with E-state index in [4.69, 9.17) is 4.74 Å². The van der Waals surface area contributed by atoms with E-state index >= 15 is 0 Å². The molecule has 4 heteroatoms. The van der Waals surface area contributed by atoms with Gasteiger partial charge in [-0.2, -0.15) is 5.10 Å². The van der Waals surface area contributed by atoms with Crippen LogP contribution >= 0.6 is 0 Å². The average molecular weight is 239 g/mol. The highest BCUT2D eigenvalue weighted by atomic mass is 16.5. The van der Waals surface area contributed by atoms with Gasteiger partial charge in [-0.15, -0.1) is 0 Å². The minimum atomic E-state index is 0.164. The molecule has 17 heavy (non-hydrogen) atoms. The molecule has 98 valence electrons. The highest BCUT2D eigenvalue weighted by Crippen LogP contribution is 2.39. The van der Waals surface area contributed by atoms with Gasteiger partial charge in [-0.05, 0) is 18.4 Å². The Morgan fingerprint density at radius 3 is 2.59 bits per heavy atom. The molecule has 1 unspecified atom stereocenters. The first kappa shape index (κ1) is 14.0. The van der Waals surface area contributed by atoms with Crippen LogP contribution in [0.15, 0.2) is 6.20 Å². The van der Waals surface area contributed by atoms with E-state index in [0.29, 0.717) is 0 Å². The van der Waals surface area contributed by atoms with Crippen LogP contribution in [0.1, 0.15) is 45.9 Å². The second kappa shape index (κ2) is 5.54. The van der Waals surface area contributed by atoms with Crippen molar-refractivity contribution >= 4 is 0 Å². The summed E-state index contributed by atoms with van der Waals surface area (Å²) in [5, 5.41) is 7.84. The topological polar surface area (TPSA) is 39.1 Å². The Morgan fingerprint density at radius 1 is 1.47 bits per heavy atom. The van der Waals surface area contributed by atoms with Crippen LogP contribution < -0.4 is 10.1 Å². The summed E-state index contributed by atoms with van der Waals surface area (Å²) in [5.41, 5.74) is 1.29. The first-order valence-electron chi connectivity index (χ1n) is 6.27. The number of nitrogens with one attached hydrogen (secondary N) is 1. The molecule has 0 aliphatic heterocycles. The Balaban J connectivity index is 3.17. The molecular weight excluding hydrogens is 214 g/mol. The van der Waals surface area contributed by atoms with E-state index in [1.165, 1.54) is 0 Å². The number of hydrogen-bond acceptors (Lipinski definition) is 3. The van der Waals surface area contributed by atoms with Gasteiger partial charge in [0.25, 0.3) is 0 Å². The maximum atomic E-state index is 5.41. The maximum Gasteiger partial charge on any atom is 0.161 e. The van der Waals surface area contributed by atoms with Crippen molar-refractivity contribution in [3.63, 3.8) is 0 Å². The minimum absolute atomic E-state index is 0.164. The molecule has 0 aliphatic rings. The quantitative estimate of drug-likeness (QED) is 0.829. The summed E-state index contributed by atoms with van der Waals surface area (Å²) in [6.07, 6.45) is 2.88. The number of methoxy groups -OCH3 is 1. The van der Waals surface area contributed by atoms with Gasteiger partial charge in [0.1, 0.15) is 0 Å². The van der Waals surface area contributed by atoms with Gasteiger partial charge in [0.15, 0.2) is 5.75 Å². The fourth-order valence-corrected chi connectivity index (χ4v) is 2.06. The van der Waals surface area contributed by atoms with E-state index in [-0.39, 0.29) is 11.5 Å². The van der Waals surface area contributed by atoms with Gasteiger partial charge in [0.05, 0.1) is 25.0 Å². The third kappa shape index (κ3) is 2.80. The van der Waals surface area contributed by atoms with Crippen LogP contribution in [0.4, 0.5) is 0 Å². The van der Waals surface area contributed by atoms with Crippen molar-refractivity contribution in [1.82, 2.24) is 15.1 Å². The summed E-state index contributed by atoms with van der Waals surface area (Å²) >= 11 is 0. The van der Waals surface area contributed by atoms with Crippen LogP contribution in [0.25, 0.3) is 0 Å². The molecule has 1 aromatic rings. The second-order valence-electron chi connectivity index (χ2n) is 5.05. The molecule has 0 aromatic carbocycles. The molecule has 1 aromatic heterocycles. The summed E-state index contributed by atoms with van der Waals surface area (Å²) in [4.78, 5) is 0. The van der Waals surface area contributed by atoms with E-state index in [0.717, 1.165) is 24.4 Å². The average Bonchev–Trinajstić information content (AvgIpc) is 2.67. The molecule has 0 amide bonds. The molecule has 0 aliphatic carbocycles. The van der Waals surface area contributed by atoms with Crippen LogP contribution in [-0.4, -0.2) is 23.4 Å². The van der Waals surface area contributed by atoms with E-state index in [9.17, 15) is 0 Å². The second-order valence-corrected chi connectivity index (χ2v) is 5.05. The smallest absolute Gasteiger partial charge is 0.161 e. The van der Waals surface area contributed by atoms with E-state index < -0.39 is 0 Å². The van der Waals surface area contributed by atoms with Crippen LogP contribution in [0.2, 0.25) is 0 Å². The Morgan fingerprint density at radius 2 is 2.12 bits per heavy atom. The first-order valence-corrected chi connectivity index (χ1v) is 6.27. The number of ether oxygens (including phenoxy) is 1. The standard InChI is InChI=1S/C13H25N3O/c1-7-13(3,4)12(14-8-2)11-10(17-6)9-15-16(11)5/h9,12,14H,7-8H2,1-6H3. The first-order chi connectivity index (χ1) is 7.97. The zero-order chi connectivity index (χ0) is 13.1. The summed E-state index contributed by atoms with van der Waals surface area (Å²) in [5.74, 6) is 0.861. The largest absolute Gasteiger partial charge is 0.493 e. The van der Waals surface area contributed by atoms with Gasteiger partial charge in [-0.1, -0.05) is 27.7 Å². The van der Waals surface area contributed by atoms with Crippen LogP contribution in [-0.2, 0) is 7.05 Å². The van der Waals surface area contributed by atoms with Crippen LogP contribution in [0, 0.1) is 5.41 Å². The molecule has 1 atom stereocenters. The highest BCUT2D eigenvalue weighted by Gasteiger charge is 2.33. The molecule has 0 saturated carbocycles. The van der Waals surface area contributed by atoms with Crippen molar-refractivity contribution in [2.24, 2.45) is 12.5 Å². The SMILES string of the molecule is CCNC(c1c(OC)cnn1C)C(C)(C)CC. The third-order valence-electron chi connectivity index (χ3n) is 3.54. The zero-order valence-corrected chi connectivity index (χ0v) is 11.9. The van der Waals surface area contributed by atoms with E-state index in [2.05, 4.69) is 38.1 Å². The van der Waals surface area contributed by atoms with Crippen LogP contribution in [0.3, 0.4) is 0 Å². The van der Waals surface area contributed by atoms with Crippen molar-refractivity contribution in [2.45, 2.75) is 40.2 Å². The van der Waals surface area contributed by atoms with Crippen molar-refractivity contribution < 1.29 is 4.74 Å². The fraction of sp³-hybridized carbons (Fsp3) is 0.769. The van der Waals surface area contributed by atoms with E-state index in [1.807, 2.05) is 11.7 Å². The van der Waals surface area contributed by atoms with Crippen molar-refractivity contribution in [1.29, 1.82) is 0 Å². The molecule has 0 radical (unpaired) electrons. The lowest BCUT2D eigenvalue weighted by Gasteiger charge is -2.34. The molecule has 1 heterocycles. The lowest BCUT2D eigenvalue weighted by molar-refractivity contribution is 0.222. The number of nitrogens with zero attached hydrogens (tertiary/aromatic N) is 2. The Kier molecular flexibility index (Phi) is 4.57. The summed E-state index contributed by atoms with van der Waals surface area (Å²) in [6.45, 7) is 9.82. The molecule has 4 nitrogen and oxygen atoms in total. The van der Waals surface area contributed by atoms with Crippen molar-refractivity contribution in [2.75, 3.05) is 13.7 Å². The molecular formula is C13H25N3O. The molecule has 0 saturated heterocycles. The van der Waals surface area contributed by atoms with Crippen molar-refractivity contribution in [3.8, 4) is 5.75 Å². The maximum absolute atomic E-state index is 5.41. The summed E-state index contributed by atoms with van der Waals surface area (Å²) in [6, 6.07) is 0.250. The lowest BCUT2D eigenvalue weighted by Crippen LogP contribution is -2.35.